The Bertz CT molecular complexity index is 238. The van der Waals surface area contributed by atoms with Crippen LogP contribution in [0.1, 0.15) is 6.42 Å². The number of hydrogen-bond donors (Lipinski definition) is 0. The Morgan fingerprint density at radius 3 is 2.28 bits per heavy atom. The summed E-state index contributed by atoms with van der Waals surface area (Å²) in [5.74, 6) is 2.66. The van der Waals surface area contributed by atoms with E-state index in [4.69, 9.17) is 9.47 Å². The first-order valence-electron chi connectivity index (χ1n) is 6.56. The normalized spacial score (nSPS) is 38.7. The molecule has 18 heavy (non-hydrogen) atoms. The molecule has 0 amide bonds. The van der Waals surface area contributed by atoms with E-state index in [1.165, 1.54) is 23.2 Å². The number of ether oxygens (including phenoxy) is 2. The number of hydrogen-bond acceptors (Lipinski definition) is 4. The van der Waals surface area contributed by atoms with Crippen molar-refractivity contribution in [3.8, 4) is 0 Å². The molecule has 3 heterocycles. The average Bonchev–Trinajstić information content (AvgIpc) is 3.25. The zero-order valence-electron chi connectivity index (χ0n) is 10.4. The van der Waals surface area contributed by atoms with Crippen LogP contribution in [0.2, 0.25) is 13.9 Å². The zero-order chi connectivity index (χ0) is 12.2. The molecule has 0 radical (unpaired) electrons. The SMILES string of the molecule is C1CC(COCC2CS2)[Se]C(COCC2CS2)[Se]1. The third-order valence-corrected chi connectivity index (χ3v) is 12.2. The molecule has 104 valence electrons. The Morgan fingerprint density at radius 2 is 1.61 bits per heavy atom. The second-order valence-electron chi connectivity index (χ2n) is 4.83. The van der Waals surface area contributed by atoms with Crippen LogP contribution in [0.15, 0.2) is 0 Å². The summed E-state index contributed by atoms with van der Waals surface area (Å²) in [5.41, 5.74) is 0. The summed E-state index contributed by atoms with van der Waals surface area (Å²) in [6.45, 7) is 4.09. The van der Waals surface area contributed by atoms with Gasteiger partial charge in [-0.05, 0) is 0 Å². The standard InChI is InChI=1S/C12H20O2S2Se2/c1-2-17-12(6-14-4-10-8-16-10)18-11(1)5-13-3-9-7-15-9/h9-12H,1-8H2. The predicted molar refractivity (Wildman–Crippen MR) is 82.6 cm³/mol. The Hall–Kier alpha value is 1.66. The van der Waals surface area contributed by atoms with Gasteiger partial charge >= 0.3 is 132 Å². The van der Waals surface area contributed by atoms with E-state index in [1.54, 1.807) is 0 Å². The van der Waals surface area contributed by atoms with E-state index in [0.717, 1.165) is 75.4 Å². The summed E-state index contributed by atoms with van der Waals surface area (Å²) in [5, 5.41) is 3.12. The Labute approximate surface area is 131 Å². The molecule has 3 saturated heterocycles. The van der Waals surface area contributed by atoms with Crippen LogP contribution in [0.3, 0.4) is 0 Å². The van der Waals surface area contributed by atoms with Crippen LogP contribution in [-0.2, 0) is 9.47 Å². The minimum absolute atomic E-state index is 0.769. The molecule has 0 N–H and O–H groups in total. The van der Waals surface area contributed by atoms with Crippen LogP contribution in [0.4, 0.5) is 0 Å². The van der Waals surface area contributed by atoms with Crippen LogP contribution in [-0.4, -0.2) is 78.3 Å². The molecular weight excluding hydrogens is 398 g/mol. The second-order valence-corrected chi connectivity index (χ2v) is 14.9. The summed E-state index contributed by atoms with van der Waals surface area (Å²) >= 11 is 5.69. The van der Waals surface area contributed by atoms with Crippen molar-refractivity contribution in [1.29, 1.82) is 0 Å². The first-order valence-corrected chi connectivity index (χ1v) is 12.8. The van der Waals surface area contributed by atoms with E-state index in [1.807, 2.05) is 23.5 Å². The molecule has 0 aromatic heterocycles. The molecule has 0 aliphatic carbocycles. The molecule has 2 nitrogen and oxygen atoms in total. The molecule has 0 saturated carbocycles. The molecule has 3 aliphatic heterocycles. The van der Waals surface area contributed by atoms with E-state index in [-0.39, 0.29) is 0 Å². The van der Waals surface area contributed by atoms with Gasteiger partial charge in [-0.1, -0.05) is 0 Å². The Kier molecular flexibility index (Phi) is 6.17. The maximum atomic E-state index is 5.86. The summed E-state index contributed by atoms with van der Waals surface area (Å²) in [6, 6.07) is 0. The van der Waals surface area contributed by atoms with Crippen LogP contribution in [0.5, 0.6) is 0 Å². The molecule has 0 spiro atoms. The number of rotatable bonds is 8. The van der Waals surface area contributed by atoms with E-state index in [0.29, 0.717) is 0 Å². The van der Waals surface area contributed by atoms with E-state index in [2.05, 4.69) is 0 Å². The van der Waals surface area contributed by atoms with Crippen molar-refractivity contribution in [2.24, 2.45) is 0 Å². The summed E-state index contributed by atoms with van der Waals surface area (Å²) in [6.07, 6.45) is 1.42. The van der Waals surface area contributed by atoms with Crippen LogP contribution >= 0.6 is 23.5 Å². The first-order chi connectivity index (χ1) is 8.90. The summed E-state index contributed by atoms with van der Waals surface area (Å²) in [7, 11) is 0. The van der Waals surface area contributed by atoms with Crippen molar-refractivity contribution in [1.82, 2.24) is 0 Å². The molecule has 0 aromatic carbocycles. The van der Waals surface area contributed by atoms with E-state index >= 15 is 0 Å². The van der Waals surface area contributed by atoms with Crippen molar-refractivity contribution in [3.05, 3.63) is 0 Å². The third-order valence-electron chi connectivity index (χ3n) is 3.06. The van der Waals surface area contributed by atoms with Crippen molar-refractivity contribution in [3.63, 3.8) is 0 Å². The predicted octanol–water partition coefficient (Wildman–Crippen LogP) is 2.02. The summed E-state index contributed by atoms with van der Waals surface area (Å²) in [4.78, 5) is 0.876. The third kappa shape index (κ3) is 5.57. The quantitative estimate of drug-likeness (QED) is 0.444. The first kappa shape index (κ1) is 14.6. The molecule has 0 bridgehead atoms. The van der Waals surface area contributed by atoms with Gasteiger partial charge in [-0.3, -0.25) is 0 Å². The van der Waals surface area contributed by atoms with Gasteiger partial charge < -0.3 is 0 Å². The van der Waals surface area contributed by atoms with E-state index in [9.17, 15) is 0 Å². The van der Waals surface area contributed by atoms with Crippen molar-refractivity contribution in [2.45, 2.75) is 30.8 Å². The molecule has 0 aromatic rings. The monoisotopic (exact) mass is 420 g/mol. The molecular formula is C12H20O2S2Se2. The van der Waals surface area contributed by atoms with Crippen LogP contribution in [0, 0.1) is 0 Å². The Balaban J connectivity index is 1.26. The summed E-state index contributed by atoms with van der Waals surface area (Å²) < 4.78 is 12.6. The van der Waals surface area contributed by atoms with Crippen LogP contribution in [0.25, 0.3) is 0 Å². The van der Waals surface area contributed by atoms with Gasteiger partial charge in [0.25, 0.3) is 0 Å². The van der Waals surface area contributed by atoms with Crippen molar-refractivity contribution >= 4 is 53.4 Å². The van der Waals surface area contributed by atoms with Gasteiger partial charge in [0, 0.05) is 0 Å². The fourth-order valence-electron chi connectivity index (χ4n) is 1.82. The van der Waals surface area contributed by atoms with Crippen molar-refractivity contribution < 1.29 is 9.47 Å². The van der Waals surface area contributed by atoms with Gasteiger partial charge in [-0.2, -0.15) is 0 Å². The average molecular weight is 418 g/mol. The maximum absolute atomic E-state index is 5.86. The molecule has 6 heteroatoms. The topological polar surface area (TPSA) is 18.5 Å². The molecule has 4 unspecified atom stereocenters. The van der Waals surface area contributed by atoms with Gasteiger partial charge in [-0.15, -0.1) is 0 Å². The number of thioether (sulfide) groups is 2. The van der Waals surface area contributed by atoms with Gasteiger partial charge in [0.15, 0.2) is 0 Å². The van der Waals surface area contributed by atoms with Gasteiger partial charge in [-0.25, -0.2) is 0 Å². The van der Waals surface area contributed by atoms with Gasteiger partial charge in [0.1, 0.15) is 0 Å². The molecule has 3 rings (SSSR count). The second kappa shape index (κ2) is 7.61. The zero-order valence-corrected chi connectivity index (χ0v) is 15.5. The fourth-order valence-corrected chi connectivity index (χ4v) is 11.2. The Morgan fingerprint density at radius 1 is 0.944 bits per heavy atom. The van der Waals surface area contributed by atoms with Crippen LogP contribution < -0.4 is 0 Å². The van der Waals surface area contributed by atoms with Crippen molar-refractivity contribution in [2.75, 3.05) is 37.9 Å². The molecule has 4 atom stereocenters. The van der Waals surface area contributed by atoms with E-state index < -0.39 is 0 Å². The van der Waals surface area contributed by atoms with Gasteiger partial charge in [0.05, 0.1) is 0 Å². The molecule has 3 fully saturated rings. The fraction of sp³-hybridized carbons (Fsp3) is 1.00. The minimum atomic E-state index is 0.769. The molecule has 3 aliphatic rings. The van der Waals surface area contributed by atoms with Gasteiger partial charge in [0.2, 0.25) is 0 Å².